The number of rotatable bonds is 3. The third kappa shape index (κ3) is 2.63. The van der Waals surface area contributed by atoms with E-state index in [1.807, 2.05) is 13.0 Å². The van der Waals surface area contributed by atoms with Gasteiger partial charge in [0, 0.05) is 24.9 Å². The molecule has 0 aliphatic heterocycles. The van der Waals surface area contributed by atoms with Gasteiger partial charge < -0.3 is 5.11 Å². The molecule has 0 saturated heterocycles. The maximum atomic E-state index is 8.54. The maximum Gasteiger partial charge on any atom is 0.128 e. The van der Waals surface area contributed by atoms with E-state index in [1.54, 1.807) is 6.20 Å². The molecule has 0 aliphatic carbocycles. The van der Waals surface area contributed by atoms with Crippen molar-refractivity contribution in [1.82, 2.24) is 9.97 Å². The molecule has 1 aromatic heterocycles. The van der Waals surface area contributed by atoms with Crippen LogP contribution in [0.2, 0.25) is 0 Å². The van der Waals surface area contributed by atoms with E-state index >= 15 is 0 Å². The zero-order chi connectivity index (χ0) is 8.10. The Labute approximate surface area is 66.1 Å². The van der Waals surface area contributed by atoms with Crippen LogP contribution in [0.4, 0.5) is 0 Å². The molecule has 1 rings (SSSR count). The summed E-state index contributed by atoms with van der Waals surface area (Å²) in [6, 6.07) is 1.86. The highest BCUT2D eigenvalue weighted by atomic mass is 16.2. The van der Waals surface area contributed by atoms with Gasteiger partial charge in [-0.05, 0) is 19.4 Å². The minimum atomic E-state index is 0.206. The Morgan fingerprint density at radius 2 is 2.36 bits per heavy atom. The largest absolute Gasteiger partial charge is 0.396 e. The van der Waals surface area contributed by atoms with E-state index in [1.165, 1.54) is 0 Å². The minimum Gasteiger partial charge on any atom is -0.396 e. The lowest BCUT2D eigenvalue weighted by Gasteiger charge is -1.97. The molecule has 3 nitrogen and oxygen atoms in total. The fourth-order valence-corrected chi connectivity index (χ4v) is 0.859. The first-order valence-electron chi connectivity index (χ1n) is 3.72. The third-order valence-corrected chi connectivity index (χ3v) is 1.40. The average Bonchev–Trinajstić information content (AvgIpc) is 2.01. The van der Waals surface area contributed by atoms with Crippen molar-refractivity contribution in [1.29, 1.82) is 0 Å². The second kappa shape index (κ2) is 4.03. The number of nitrogens with zero attached hydrogens (tertiary/aromatic N) is 2. The summed E-state index contributed by atoms with van der Waals surface area (Å²) in [4.78, 5) is 8.24. The van der Waals surface area contributed by atoms with Crippen LogP contribution in [0.15, 0.2) is 12.3 Å². The Morgan fingerprint density at radius 1 is 1.55 bits per heavy atom. The summed E-state index contributed by atoms with van der Waals surface area (Å²) < 4.78 is 0. The Bertz CT molecular complexity index is 225. The van der Waals surface area contributed by atoms with E-state index < -0.39 is 0 Å². The van der Waals surface area contributed by atoms with Gasteiger partial charge >= 0.3 is 0 Å². The van der Waals surface area contributed by atoms with Crippen LogP contribution in [0.25, 0.3) is 0 Å². The smallest absolute Gasteiger partial charge is 0.128 e. The normalized spacial score (nSPS) is 10.0. The maximum absolute atomic E-state index is 8.54. The molecule has 0 fully saturated rings. The first-order valence-corrected chi connectivity index (χ1v) is 3.72. The molecule has 0 aliphatic rings. The van der Waals surface area contributed by atoms with Gasteiger partial charge in [-0.15, -0.1) is 0 Å². The van der Waals surface area contributed by atoms with Crippen LogP contribution in [0, 0.1) is 6.92 Å². The summed E-state index contributed by atoms with van der Waals surface area (Å²) in [6.45, 7) is 2.14. The summed E-state index contributed by atoms with van der Waals surface area (Å²) in [5.74, 6) is 0.819. The molecule has 1 aromatic rings. The second-order valence-electron chi connectivity index (χ2n) is 2.44. The van der Waals surface area contributed by atoms with Crippen LogP contribution in [0.3, 0.4) is 0 Å². The van der Waals surface area contributed by atoms with Crippen LogP contribution in [0.5, 0.6) is 0 Å². The standard InChI is InChI=1S/C8H12N2O/c1-7-4-5-9-8(10-7)3-2-6-11/h4-5,11H,2-3,6H2,1H3. The molecule has 0 aromatic carbocycles. The molecule has 0 unspecified atom stereocenters. The molecule has 11 heavy (non-hydrogen) atoms. The van der Waals surface area contributed by atoms with Crippen molar-refractivity contribution in [3.63, 3.8) is 0 Å². The molecular formula is C8H12N2O. The van der Waals surface area contributed by atoms with Crippen molar-refractivity contribution in [2.45, 2.75) is 19.8 Å². The summed E-state index contributed by atoms with van der Waals surface area (Å²) in [5.41, 5.74) is 0.980. The van der Waals surface area contributed by atoms with Crippen molar-refractivity contribution < 1.29 is 5.11 Å². The molecule has 0 amide bonds. The van der Waals surface area contributed by atoms with Crippen molar-refractivity contribution >= 4 is 0 Å². The Hall–Kier alpha value is -0.960. The highest BCUT2D eigenvalue weighted by Gasteiger charge is 1.94. The van der Waals surface area contributed by atoms with Gasteiger partial charge in [-0.1, -0.05) is 0 Å². The SMILES string of the molecule is Cc1ccnc(CCCO)n1. The lowest BCUT2D eigenvalue weighted by molar-refractivity contribution is 0.287. The van der Waals surface area contributed by atoms with Crippen molar-refractivity contribution in [2.75, 3.05) is 6.61 Å². The molecule has 0 spiro atoms. The Kier molecular flexibility index (Phi) is 2.98. The zero-order valence-electron chi connectivity index (χ0n) is 6.62. The van der Waals surface area contributed by atoms with Gasteiger partial charge in [-0.2, -0.15) is 0 Å². The fourth-order valence-electron chi connectivity index (χ4n) is 0.859. The highest BCUT2D eigenvalue weighted by Crippen LogP contribution is 1.96. The molecule has 1 heterocycles. The van der Waals surface area contributed by atoms with E-state index in [-0.39, 0.29) is 6.61 Å². The van der Waals surface area contributed by atoms with Crippen molar-refractivity contribution in [3.05, 3.63) is 23.8 Å². The number of hydrogen-bond acceptors (Lipinski definition) is 3. The van der Waals surface area contributed by atoms with Gasteiger partial charge in [0.25, 0.3) is 0 Å². The number of hydrogen-bond donors (Lipinski definition) is 1. The molecule has 0 atom stereocenters. The van der Waals surface area contributed by atoms with Gasteiger partial charge in [-0.3, -0.25) is 0 Å². The van der Waals surface area contributed by atoms with Gasteiger partial charge in [0.05, 0.1) is 0 Å². The molecule has 60 valence electrons. The highest BCUT2D eigenvalue weighted by molar-refractivity contribution is 4.99. The first kappa shape index (κ1) is 8.14. The van der Waals surface area contributed by atoms with Crippen LogP contribution < -0.4 is 0 Å². The van der Waals surface area contributed by atoms with Crippen LogP contribution in [0.1, 0.15) is 17.9 Å². The topological polar surface area (TPSA) is 46.0 Å². The van der Waals surface area contributed by atoms with Gasteiger partial charge in [0.15, 0.2) is 0 Å². The molecule has 0 radical (unpaired) electrons. The van der Waals surface area contributed by atoms with Crippen LogP contribution >= 0.6 is 0 Å². The Morgan fingerprint density at radius 3 is 3.00 bits per heavy atom. The van der Waals surface area contributed by atoms with E-state index in [0.717, 1.165) is 24.4 Å². The third-order valence-electron chi connectivity index (χ3n) is 1.40. The lowest BCUT2D eigenvalue weighted by atomic mass is 10.3. The van der Waals surface area contributed by atoms with E-state index in [0.29, 0.717) is 0 Å². The predicted molar refractivity (Wildman–Crippen MR) is 42.2 cm³/mol. The number of aliphatic hydroxyl groups is 1. The number of aromatic nitrogens is 2. The number of aliphatic hydroxyl groups excluding tert-OH is 1. The molecule has 3 heteroatoms. The van der Waals surface area contributed by atoms with Crippen LogP contribution in [-0.4, -0.2) is 21.7 Å². The van der Waals surface area contributed by atoms with Gasteiger partial charge in [0.1, 0.15) is 5.82 Å². The number of aryl methyl sites for hydroxylation is 2. The van der Waals surface area contributed by atoms with Crippen molar-refractivity contribution in [3.8, 4) is 0 Å². The predicted octanol–water partition coefficient (Wildman–Crippen LogP) is 0.710. The minimum absolute atomic E-state index is 0.206. The Balaban J connectivity index is 2.56. The van der Waals surface area contributed by atoms with E-state index in [4.69, 9.17) is 5.11 Å². The zero-order valence-corrected chi connectivity index (χ0v) is 6.62. The summed E-state index contributed by atoms with van der Waals surface area (Å²) in [7, 11) is 0. The molecule has 1 N–H and O–H groups in total. The molecule has 0 saturated carbocycles. The summed E-state index contributed by atoms with van der Waals surface area (Å²) in [5, 5.41) is 8.54. The monoisotopic (exact) mass is 152 g/mol. The van der Waals surface area contributed by atoms with Gasteiger partial charge in [0.2, 0.25) is 0 Å². The molecule has 0 bridgehead atoms. The summed E-state index contributed by atoms with van der Waals surface area (Å²) >= 11 is 0. The first-order chi connectivity index (χ1) is 5.33. The fraction of sp³-hybridized carbons (Fsp3) is 0.500. The van der Waals surface area contributed by atoms with Crippen molar-refractivity contribution in [2.24, 2.45) is 0 Å². The quantitative estimate of drug-likeness (QED) is 0.693. The molecular weight excluding hydrogens is 140 g/mol. The van der Waals surface area contributed by atoms with Gasteiger partial charge in [-0.25, -0.2) is 9.97 Å². The van der Waals surface area contributed by atoms with Crippen LogP contribution in [-0.2, 0) is 6.42 Å². The summed E-state index contributed by atoms with van der Waals surface area (Å²) in [6.07, 6.45) is 3.25. The average molecular weight is 152 g/mol. The van der Waals surface area contributed by atoms with E-state index in [2.05, 4.69) is 9.97 Å². The lowest BCUT2D eigenvalue weighted by Crippen LogP contribution is -1.97. The van der Waals surface area contributed by atoms with E-state index in [9.17, 15) is 0 Å². The second-order valence-corrected chi connectivity index (χ2v) is 2.44.